The molecule has 0 bridgehead atoms. The molecule has 0 aliphatic carbocycles. The van der Waals surface area contributed by atoms with Crippen LogP contribution < -0.4 is 25.3 Å². The summed E-state index contributed by atoms with van der Waals surface area (Å²) >= 11 is 0. The van der Waals surface area contributed by atoms with Crippen molar-refractivity contribution < 1.29 is 14.2 Å². The van der Waals surface area contributed by atoms with E-state index in [1.54, 1.807) is 12.4 Å². The number of rotatable bonds is 9. The number of guanidine groups is 1. The molecule has 8 heteroatoms. The standard InChI is InChI=1S/C18H24N4O3.HI/c1-3-23-14-7-8-17(24-4-2)16(12-14)22-18(19)21-10-11-25-15-6-5-9-20-13-15;/h5-9,12-13H,3-4,10-11H2,1-2H3,(H3,19,21,22);1H. The summed E-state index contributed by atoms with van der Waals surface area (Å²) in [5, 5.41) is 3.05. The molecule has 142 valence electrons. The lowest BCUT2D eigenvalue weighted by atomic mass is 10.2. The number of nitrogens with two attached hydrogens (primary N) is 1. The van der Waals surface area contributed by atoms with Crippen LogP contribution in [0.5, 0.6) is 17.2 Å². The topological polar surface area (TPSA) is 91.0 Å². The third kappa shape index (κ3) is 7.34. The van der Waals surface area contributed by atoms with E-state index in [-0.39, 0.29) is 29.9 Å². The number of halogens is 1. The van der Waals surface area contributed by atoms with Gasteiger partial charge in [-0.2, -0.15) is 0 Å². The summed E-state index contributed by atoms with van der Waals surface area (Å²) in [4.78, 5) is 8.23. The molecule has 26 heavy (non-hydrogen) atoms. The normalized spacial score (nSPS) is 10.6. The van der Waals surface area contributed by atoms with Gasteiger partial charge in [-0.25, -0.2) is 4.99 Å². The lowest BCUT2D eigenvalue weighted by molar-refractivity contribution is 0.327. The molecule has 0 aliphatic heterocycles. The summed E-state index contributed by atoms with van der Waals surface area (Å²) in [6.07, 6.45) is 3.35. The predicted octanol–water partition coefficient (Wildman–Crippen LogP) is 3.30. The molecule has 1 heterocycles. The molecule has 0 unspecified atom stereocenters. The summed E-state index contributed by atoms with van der Waals surface area (Å²) in [5.41, 5.74) is 6.66. The van der Waals surface area contributed by atoms with Crippen molar-refractivity contribution in [2.24, 2.45) is 10.7 Å². The van der Waals surface area contributed by atoms with E-state index in [0.717, 1.165) is 5.75 Å². The van der Waals surface area contributed by atoms with Crippen molar-refractivity contribution in [1.82, 2.24) is 4.98 Å². The van der Waals surface area contributed by atoms with Crippen LogP contribution in [0.15, 0.2) is 47.7 Å². The lowest BCUT2D eigenvalue weighted by Crippen LogP contribution is -2.24. The molecule has 0 aliphatic rings. The molecular weight excluding hydrogens is 447 g/mol. The number of pyridine rings is 1. The summed E-state index contributed by atoms with van der Waals surface area (Å²) < 4.78 is 16.6. The summed E-state index contributed by atoms with van der Waals surface area (Å²) in [5.74, 6) is 2.41. The van der Waals surface area contributed by atoms with Gasteiger partial charge in [0.05, 0.1) is 31.6 Å². The minimum atomic E-state index is 0. The van der Waals surface area contributed by atoms with Crippen LogP contribution in [0.3, 0.4) is 0 Å². The number of hydrogen-bond acceptors (Lipinski definition) is 5. The Bertz CT molecular complexity index is 683. The Kier molecular flexibility index (Phi) is 10.2. The van der Waals surface area contributed by atoms with Gasteiger partial charge in [-0.1, -0.05) is 0 Å². The molecule has 0 saturated carbocycles. The molecule has 0 fully saturated rings. The third-order valence-corrected chi connectivity index (χ3v) is 3.10. The van der Waals surface area contributed by atoms with E-state index in [2.05, 4.69) is 15.3 Å². The second-order valence-electron chi connectivity index (χ2n) is 4.95. The quantitative estimate of drug-likeness (QED) is 0.252. The molecule has 0 amide bonds. The number of nitrogens with zero attached hydrogens (tertiary/aromatic N) is 2. The number of ether oxygens (including phenoxy) is 3. The number of anilines is 1. The van der Waals surface area contributed by atoms with Crippen LogP contribution in [0.4, 0.5) is 5.69 Å². The van der Waals surface area contributed by atoms with Gasteiger partial charge in [0.15, 0.2) is 5.96 Å². The van der Waals surface area contributed by atoms with E-state index in [0.29, 0.717) is 43.6 Å². The molecule has 0 spiro atoms. The smallest absolute Gasteiger partial charge is 0.193 e. The molecule has 1 aromatic heterocycles. The van der Waals surface area contributed by atoms with Crippen molar-refractivity contribution in [2.75, 3.05) is 31.7 Å². The Morgan fingerprint density at radius 2 is 1.92 bits per heavy atom. The second-order valence-corrected chi connectivity index (χ2v) is 4.95. The first kappa shape index (κ1) is 21.8. The fraction of sp³-hybridized carbons (Fsp3) is 0.333. The maximum absolute atomic E-state index is 5.95. The molecule has 3 N–H and O–H groups in total. The first-order valence-corrected chi connectivity index (χ1v) is 8.22. The molecule has 2 rings (SSSR count). The number of aromatic nitrogens is 1. The van der Waals surface area contributed by atoms with Crippen LogP contribution in [0, 0.1) is 0 Å². The van der Waals surface area contributed by atoms with E-state index in [1.165, 1.54) is 0 Å². The lowest BCUT2D eigenvalue weighted by Gasteiger charge is -2.14. The highest BCUT2D eigenvalue weighted by Gasteiger charge is 2.07. The van der Waals surface area contributed by atoms with Crippen molar-refractivity contribution in [3.8, 4) is 17.2 Å². The van der Waals surface area contributed by atoms with Crippen LogP contribution in [-0.2, 0) is 0 Å². The zero-order valence-electron chi connectivity index (χ0n) is 15.0. The molecule has 0 radical (unpaired) electrons. The van der Waals surface area contributed by atoms with Gasteiger partial charge >= 0.3 is 0 Å². The summed E-state index contributed by atoms with van der Waals surface area (Å²) in [6.45, 7) is 5.82. The Morgan fingerprint density at radius 1 is 1.12 bits per heavy atom. The van der Waals surface area contributed by atoms with Crippen LogP contribution in [-0.4, -0.2) is 37.3 Å². The van der Waals surface area contributed by atoms with E-state index in [9.17, 15) is 0 Å². The first-order valence-electron chi connectivity index (χ1n) is 8.22. The summed E-state index contributed by atoms with van der Waals surface area (Å²) in [7, 11) is 0. The number of hydrogen-bond donors (Lipinski definition) is 2. The Hall–Kier alpha value is -2.23. The van der Waals surface area contributed by atoms with Crippen molar-refractivity contribution in [3.05, 3.63) is 42.7 Å². The van der Waals surface area contributed by atoms with Gasteiger partial charge < -0.3 is 25.3 Å². The zero-order chi connectivity index (χ0) is 17.9. The second kappa shape index (κ2) is 12.2. The maximum Gasteiger partial charge on any atom is 0.193 e. The predicted molar refractivity (Wildman–Crippen MR) is 114 cm³/mol. The van der Waals surface area contributed by atoms with E-state index in [4.69, 9.17) is 19.9 Å². The average molecular weight is 472 g/mol. The van der Waals surface area contributed by atoms with Crippen molar-refractivity contribution >= 4 is 35.6 Å². The van der Waals surface area contributed by atoms with E-state index in [1.807, 2.05) is 44.2 Å². The molecule has 0 saturated heterocycles. The van der Waals surface area contributed by atoms with Crippen molar-refractivity contribution in [2.45, 2.75) is 13.8 Å². The van der Waals surface area contributed by atoms with Gasteiger partial charge in [-0.05, 0) is 38.1 Å². The highest BCUT2D eigenvalue weighted by Crippen LogP contribution is 2.29. The van der Waals surface area contributed by atoms with Gasteiger partial charge in [-0.15, -0.1) is 24.0 Å². The van der Waals surface area contributed by atoms with Gasteiger partial charge in [0, 0.05) is 12.3 Å². The molecule has 1 aromatic carbocycles. The number of aliphatic imine (C=N–C) groups is 1. The minimum absolute atomic E-state index is 0. The Labute approximate surface area is 171 Å². The van der Waals surface area contributed by atoms with Crippen molar-refractivity contribution in [1.29, 1.82) is 0 Å². The fourth-order valence-corrected chi connectivity index (χ4v) is 2.08. The van der Waals surface area contributed by atoms with Gasteiger partial charge in [0.25, 0.3) is 0 Å². The van der Waals surface area contributed by atoms with E-state index < -0.39 is 0 Å². The Balaban J connectivity index is 0.00000338. The van der Waals surface area contributed by atoms with Crippen LogP contribution in [0.2, 0.25) is 0 Å². The van der Waals surface area contributed by atoms with Crippen LogP contribution in [0.1, 0.15) is 13.8 Å². The molecule has 0 atom stereocenters. The third-order valence-electron chi connectivity index (χ3n) is 3.10. The SMILES string of the molecule is CCOc1ccc(OCC)c(NC(N)=NCCOc2cccnc2)c1.I. The van der Waals surface area contributed by atoms with Crippen LogP contribution >= 0.6 is 24.0 Å². The molecule has 7 nitrogen and oxygen atoms in total. The molecule has 2 aromatic rings. The first-order chi connectivity index (χ1) is 12.2. The van der Waals surface area contributed by atoms with Gasteiger partial charge in [0.1, 0.15) is 23.9 Å². The van der Waals surface area contributed by atoms with E-state index >= 15 is 0 Å². The van der Waals surface area contributed by atoms with Crippen LogP contribution in [0.25, 0.3) is 0 Å². The molecular formula is C18H25IN4O3. The Morgan fingerprint density at radius 3 is 2.62 bits per heavy atom. The zero-order valence-corrected chi connectivity index (χ0v) is 17.3. The van der Waals surface area contributed by atoms with Gasteiger partial charge in [0.2, 0.25) is 0 Å². The minimum Gasteiger partial charge on any atom is -0.494 e. The number of benzene rings is 1. The average Bonchev–Trinajstić information content (AvgIpc) is 2.62. The largest absolute Gasteiger partial charge is 0.494 e. The highest BCUT2D eigenvalue weighted by atomic mass is 127. The fourth-order valence-electron chi connectivity index (χ4n) is 2.08. The highest BCUT2D eigenvalue weighted by molar-refractivity contribution is 14.0. The maximum atomic E-state index is 5.95. The van der Waals surface area contributed by atoms with Crippen molar-refractivity contribution in [3.63, 3.8) is 0 Å². The summed E-state index contributed by atoms with van der Waals surface area (Å²) in [6, 6.07) is 9.19. The monoisotopic (exact) mass is 472 g/mol. The number of nitrogens with one attached hydrogen (secondary N) is 1. The van der Waals surface area contributed by atoms with Gasteiger partial charge in [-0.3, -0.25) is 4.98 Å².